The smallest absolute Gasteiger partial charge is 0.282 e. The molecule has 1 aromatic carbocycles. The zero-order chi connectivity index (χ0) is 15.5. The van der Waals surface area contributed by atoms with Gasteiger partial charge in [-0.1, -0.05) is 13.0 Å². The number of hydrogen-bond acceptors (Lipinski definition) is 4. The Morgan fingerprint density at radius 2 is 2.29 bits per heavy atom. The third kappa shape index (κ3) is 3.78. The molecule has 0 radical (unpaired) electrons. The van der Waals surface area contributed by atoms with Crippen LogP contribution in [0.15, 0.2) is 18.2 Å². The number of nitrogens with one attached hydrogen (secondary N) is 2. The Hall–Kier alpha value is -1.95. The summed E-state index contributed by atoms with van der Waals surface area (Å²) in [6.45, 7) is 6.30. The first-order chi connectivity index (χ1) is 9.91. The number of nitrogens with zero attached hydrogens (tertiary/aromatic N) is 1. The summed E-state index contributed by atoms with van der Waals surface area (Å²) in [4.78, 5) is 22.8. The van der Waals surface area contributed by atoms with Gasteiger partial charge >= 0.3 is 0 Å². The van der Waals surface area contributed by atoms with Crippen LogP contribution in [0.4, 0.5) is 5.69 Å². The highest BCUT2D eigenvalue weighted by atomic mass is 16.6. The van der Waals surface area contributed by atoms with Crippen molar-refractivity contribution in [3.63, 3.8) is 0 Å². The summed E-state index contributed by atoms with van der Waals surface area (Å²) >= 11 is 0. The van der Waals surface area contributed by atoms with Crippen molar-refractivity contribution in [2.24, 2.45) is 5.41 Å². The van der Waals surface area contributed by atoms with Gasteiger partial charge in [-0.3, -0.25) is 14.9 Å². The van der Waals surface area contributed by atoms with Crippen molar-refractivity contribution >= 4 is 11.6 Å². The fourth-order valence-corrected chi connectivity index (χ4v) is 2.65. The van der Waals surface area contributed by atoms with E-state index >= 15 is 0 Å². The summed E-state index contributed by atoms with van der Waals surface area (Å²) < 4.78 is 0. The SMILES string of the molecule is Cc1ccc([N+](=O)[O-])c(C(=O)NCC2(C)CCCNC2)c1. The van der Waals surface area contributed by atoms with Crippen LogP contribution in [0.25, 0.3) is 0 Å². The Morgan fingerprint density at radius 3 is 2.90 bits per heavy atom. The molecule has 1 unspecified atom stereocenters. The van der Waals surface area contributed by atoms with E-state index in [1.54, 1.807) is 12.1 Å². The Morgan fingerprint density at radius 1 is 1.52 bits per heavy atom. The largest absolute Gasteiger partial charge is 0.351 e. The normalized spacial score (nSPS) is 21.8. The Kier molecular flexibility index (Phi) is 4.57. The molecule has 21 heavy (non-hydrogen) atoms. The molecular formula is C15H21N3O3. The molecule has 0 saturated carbocycles. The van der Waals surface area contributed by atoms with E-state index in [0.717, 1.165) is 31.5 Å². The molecule has 1 fully saturated rings. The number of hydrogen-bond donors (Lipinski definition) is 2. The zero-order valence-corrected chi connectivity index (χ0v) is 12.4. The van der Waals surface area contributed by atoms with Crippen LogP contribution in [0.3, 0.4) is 0 Å². The van der Waals surface area contributed by atoms with Crippen LogP contribution in [0.5, 0.6) is 0 Å². The van der Waals surface area contributed by atoms with Crippen LogP contribution in [0.1, 0.15) is 35.7 Å². The molecule has 1 saturated heterocycles. The molecule has 1 atom stereocenters. The molecule has 114 valence electrons. The molecule has 1 aliphatic rings. The number of carbonyl (C=O) groups is 1. The summed E-state index contributed by atoms with van der Waals surface area (Å²) in [5, 5.41) is 17.2. The van der Waals surface area contributed by atoms with Crippen molar-refractivity contribution in [3.8, 4) is 0 Å². The number of rotatable bonds is 4. The molecule has 0 aliphatic carbocycles. The van der Waals surface area contributed by atoms with Crippen LogP contribution in [-0.2, 0) is 0 Å². The highest BCUT2D eigenvalue weighted by Crippen LogP contribution is 2.25. The van der Waals surface area contributed by atoms with E-state index in [1.807, 2.05) is 6.92 Å². The molecule has 1 heterocycles. The minimum Gasteiger partial charge on any atom is -0.351 e. The average molecular weight is 291 g/mol. The van der Waals surface area contributed by atoms with Gasteiger partial charge in [0.15, 0.2) is 0 Å². The van der Waals surface area contributed by atoms with Crippen molar-refractivity contribution in [1.82, 2.24) is 10.6 Å². The van der Waals surface area contributed by atoms with E-state index in [-0.39, 0.29) is 22.6 Å². The molecule has 6 heteroatoms. The standard InChI is InChI=1S/C15H21N3O3/c1-11-4-5-13(18(20)21)12(8-11)14(19)17-10-15(2)6-3-7-16-9-15/h4-5,8,16H,3,6-7,9-10H2,1-2H3,(H,17,19). The van der Waals surface area contributed by atoms with Crippen LogP contribution in [-0.4, -0.2) is 30.5 Å². The van der Waals surface area contributed by atoms with Gasteiger partial charge in [0.2, 0.25) is 0 Å². The molecule has 1 amide bonds. The van der Waals surface area contributed by atoms with E-state index in [9.17, 15) is 14.9 Å². The summed E-state index contributed by atoms with van der Waals surface area (Å²) in [5.41, 5.74) is 0.820. The molecule has 0 aromatic heterocycles. The first kappa shape index (κ1) is 15.4. The monoisotopic (exact) mass is 291 g/mol. The molecule has 1 aromatic rings. The van der Waals surface area contributed by atoms with Gasteiger partial charge in [0.25, 0.3) is 11.6 Å². The van der Waals surface area contributed by atoms with E-state index in [4.69, 9.17) is 0 Å². The van der Waals surface area contributed by atoms with Crippen LogP contribution >= 0.6 is 0 Å². The molecule has 0 bridgehead atoms. The van der Waals surface area contributed by atoms with Gasteiger partial charge in [-0.15, -0.1) is 0 Å². The molecular weight excluding hydrogens is 270 g/mol. The third-order valence-corrected chi connectivity index (χ3v) is 3.95. The van der Waals surface area contributed by atoms with Gasteiger partial charge in [0.05, 0.1) is 4.92 Å². The predicted octanol–water partition coefficient (Wildman–Crippen LogP) is 2.02. The first-order valence-corrected chi connectivity index (χ1v) is 7.15. The van der Waals surface area contributed by atoms with Crippen molar-refractivity contribution in [3.05, 3.63) is 39.4 Å². The molecule has 2 rings (SSSR count). The summed E-state index contributed by atoms with van der Waals surface area (Å²) in [6.07, 6.45) is 2.12. The van der Waals surface area contributed by atoms with Crippen molar-refractivity contribution in [2.45, 2.75) is 26.7 Å². The fourth-order valence-electron chi connectivity index (χ4n) is 2.65. The van der Waals surface area contributed by atoms with Gasteiger partial charge in [-0.25, -0.2) is 0 Å². The second-order valence-corrected chi connectivity index (χ2v) is 6.05. The van der Waals surface area contributed by atoms with Crippen molar-refractivity contribution < 1.29 is 9.72 Å². The minimum atomic E-state index is -0.516. The molecule has 2 N–H and O–H groups in total. The number of nitro groups is 1. The van der Waals surface area contributed by atoms with Crippen LogP contribution < -0.4 is 10.6 Å². The van der Waals surface area contributed by atoms with Gasteiger partial charge in [0.1, 0.15) is 5.56 Å². The van der Waals surface area contributed by atoms with Gasteiger partial charge in [-0.2, -0.15) is 0 Å². The van der Waals surface area contributed by atoms with E-state index in [1.165, 1.54) is 6.07 Å². The average Bonchev–Trinajstić information content (AvgIpc) is 2.45. The van der Waals surface area contributed by atoms with E-state index < -0.39 is 4.92 Å². The maximum absolute atomic E-state index is 12.3. The second-order valence-electron chi connectivity index (χ2n) is 6.05. The lowest BCUT2D eigenvalue weighted by Gasteiger charge is -2.34. The Labute approximate surface area is 124 Å². The maximum atomic E-state index is 12.3. The first-order valence-electron chi connectivity index (χ1n) is 7.15. The lowest BCUT2D eigenvalue weighted by atomic mass is 9.83. The van der Waals surface area contributed by atoms with Crippen LogP contribution in [0.2, 0.25) is 0 Å². The Bertz CT molecular complexity index is 551. The number of aryl methyl sites for hydroxylation is 1. The van der Waals surface area contributed by atoms with Gasteiger partial charge < -0.3 is 10.6 Å². The number of carbonyl (C=O) groups excluding carboxylic acids is 1. The van der Waals surface area contributed by atoms with Gasteiger partial charge in [0, 0.05) is 19.2 Å². The summed E-state index contributed by atoms with van der Waals surface area (Å²) in [6, 6.07) is 4.59. The fraction of sp³-hybridized carbons (Fsp3) is 0.533. The van der Waals surface area contributed by atoms with E-state index in [0.29, 0.717) is 6.54 Å². The van der Waals surface area contributed by atoms with Crippen molar-refractivity contribution in [2.75, 3.05) is 19.6 Å². The number of nitro benzene ring substituents is 1. The molecule has 0 spiro atoms. The minimum absolute atomic E-state index is 0.00646. The highest BCUT2D eigenvalue weighted by molar-refractivity contribution is 5.98. The number of amides is 1. The van der Waals surface area contributed by atoms with Crippen molar-refractivity contribution in [1.29, 1.82) is 0 Å². The van der Waals surface area contributed by atoms with Crippen LogP contribution in [0, 0.1) is 22.5 Å². The summed E-state index contributed by atoms with van der Waals surface area (Å²) in [5.74, 6) is -0.378. The number of benzene rings is 1. The quantitative estimate of drug-likeness (QED) is 0.656. The molecule has 1 aliphatic heterocycles. The zero-order valence-electron chi connectivity index (χ0n) is 12.4. The lowest BCUT2D eigenvalue weighted by Crippen LogP contribution is -2.45. The van der Waals surface area contributed by atoms with Gasteiger partial charge in [-0.05, 0) is 43.4 Å². The lowest BCUT2D eigenvalue weighted by molar-refractivity contribution is -0.385. The highest BCUT2D eigenvalue weighted by Gasteiger charge is 2.28. The topological polar surface area (TPSA) is 84.3 Å². The van der Waals surface area contributed by atoms with E-state index in [2.05, 4.69) is 17.6 Å². The predicted molar refractivity (Wildman–Crippen MR) is 80.4 cm³/mol. The molecule has 6 nitrogen and oxygen atoms in total. The number of piperidine rings is 1. The summed E-state index contributed by atoms with van der Waals surface area (Å²) in [7, 11) is 0. The Balaban J connectivity index is 2.09. The third-order valence-electron chi connectivity index (χ3n) is 3.95. The second kappa shape index (κ2) is 6.22. The maximum Gasteiger partial charge on any atom is 0.282 e.